The fraction of sp³-hybridized carbons (Fsp3) is 0.533. The molecule has 0 aromatic heterocycles. The zero-order valence-corrected chi connectivity index (χ0v) is 11.8. The van der Waals surface area contributed by atoms with Crippen LogP contribution in [0.3, 0.4) is 0 Å². The first-order valence-corrected chi connectivity index (χ1v) is 6.93. The molecule has 0 bridgehead atoms. The van der Waals surface area contributed by atoms with Gasteiger partial charge in [-0.2, -0.15) is 0 Å². The van der Waals surface area contributed by atoms with Gasteiger partial charge in [0.1, 0.15) is 5.82 Å². The Morgan fingerprint density at radius 1 is 1.35 bits per heavy atom. The molecule has 1 aliphatic heterocycles. The van der Waals surface area contributed by atoms with Crippen molar-refractivity contribution in [3.05, 3.63) is 35.6 Å². The monoisotopic (exact) mass is 280 g/mol. The zero-order chi connectivity index (χ0) is 14.5. The maximum absolute atomic E-state index is 12.8. The molecule has 0 atom stereocenters. The van der Waals surface area contributed by atoms with Gasteiger partial charge in [-0.05, 0) is 50.7 Å². The molecule has 0 amide bonds. The predicted molar refractivity (Wildman–Crippen MR) is 75.0 cm³/mol. The van der Waals surface area contributed by atoms with Crippen LogP contribution in [0, 0.1) is 5.82 Å². The van der Waals surface area contributed by atoms with Crippen molar-refractivity contribution in [2.75, 3.05) is 26.7 Å². The quantitative estimate of drug-likeness (QED) is 0.893. The standard InChI is InChI=1S/C15H21FN2O2/c1-17(11-15(19)20)14-6-8-18(9-7-14)10-12-2-4-13(16)5-3-12/h2-5,14H,6-11H2,1H3,(H,19,20). The smallest absolute Gasteiger partial charge is 0.317 e. The normalized spacial score (nSPS) is 17.6. The van der Waals surface area contributed by atoms with E-state index in [9.17, 15) is 9.18 Å². The molecule has 1 aromatic rings. The summed E-state index contributed by atoms with van der Waals surface area (Å²) in [5, 5.41) is 8.80. The Labute approximate surface area is 118 Å². The van der Waals surface area contributed by atoms with E-state index in [1.54, 1.807) is 0 Å². The molecule has 1 saturated heterocycles. The number of rotatable bonds is 5. The summed E-state index contributed by atoms with van der Waals surface area (Å²) in [5.74, 6) is -0.982. The van der Waals surface area contributed by atoms with Gasteiger partial charge >= 0.3 is 5.97 Å². The molecular formula is C15H21FN2O2. The Balaban J connectivity index is 1.79. The van der Waals surface area contributed by atoms with Gasteiger partial charge in [-0.25, -0.2) is 4.39 Å². The van der Waals surface area contributed by atoms with Crippen molar-refractivity contribution < 1.29 is 14.3 Å². The second-order valence-electron chi connectivity index (χ2n) is 5.44. The van der Waals surface area contributed by atoms with E-state index in [1.807, 2.05) is 24.1 Å². The molecule has 0 unspecified atom stereocenters. The molecule has 1 heterocycles. The molecule has 1 aromatic carbocycles. The Hall–Kier alpha value is -1.46. The van der Waals surface area contributed by atoms with Crippen molar-refractivity contribution in [2.45, 2.75) is 25.4 Å². The molecule has 110 valence electrons. The van der Waals surface area contributed by atoms with E-state index in [0.29, 0.717) is 6.04 Å². The molecule has 2 rings (SSSR count). The summed E-state index contributed by atoms with van der Waals surface area (Å²) < 4.78 is 12.8. The Bertz CT molecular complexity index is 442. The number of hydrogen-bond acceptors (Lipinski definition) is 3. The van der Waals surface area contributed by atoms with E-state index in [2.05, 4.69) is 4.90 Å². The first-order valence-electron chi connectivity index (χ1n) is 6.93. The number of nitrogens with zero attached hydrogens (tertiary/aromatic N) is 2. The van der Waals surface area contributed by atoms with Crippen LogP contribution in [0.2, 0.25) is 0 Å². The van der Waals surface area contributed by atoms with E-state index in [-0.39, 0.29) is 12.4 Å². The van der Waals surface area contributed by atoms with E-state index in [4.69, 9.17) is 5.11 Å². The first kappa shape index (κ1) is 14.9. The van der Waals surface area contributed by atoms with Crippen molar-refractivity contribution >= 4 is 5.97 Å². The van der Waals surface area contributed by atoms with Crippen LogP contribution in [0.15, 0.2) is 24.3 Å². The van der Waals surface area contributed by atoms with Crippen molar-refractivity contribution in [2.24, 2.45) is 0 Å². The molecule has 0 aliphatic carbocycles. The molecule has 4 nitrogen and oxygen atoms in total. The maximum Gasteiger partial charge on any atom is 0.317 e. The van der Waals surface area contributed by atoms with Gasteiger partial charge in [0.25, 0.3) is 0 Å². The van der Waals surface area contributed by atoms with Gasteiger partial charge in [-0.15, -0.1) is 0 Å². The third kappa shape index (κ3) is 4.28. The molecule has 1 fully saturated rings. The fourth-order valence-corrected chi connectivity index (χ4v) is 2.71. The lowest BCUT2D eigenvalue weighted by atomic mass is 10.0. The average Bonchev–Trinajstić information content (AvgIpc) is 2.41. The first-order chi connectivity index (χ1) is 9.54. The van der Waals surface area contributed by atoms with Crippen LogP contribution in [0.4, 0.5) is 4.39 Å². The molecule has 0 radical (unpaired) electrons. The van der Waals surface area contributed by atoms with Crippen LogP contribution in [0.25, 0.3) is 0 Å². The number of carboxylic acid groups (broad SMARTS) is 1. The summed E-state index contributed by atoms with van der Waals surface area (Å²) in [6.07, 6.45) is 1.95. The number of carboxylic acids is 1. The second kappa shape index (κ2) is 6.81. The van der Waals surface area contributed by atoms with Crippen LogP contribution in [0.5, 0.6) is 0 Å². The number of benzene rings is 1. The third-order valence-corrected chi connectivity index (χ3v) is 3.88. The number of hydrogen-bond donors (Lipinski definition) is 1. The minimum absolute atomic E-state index is 0.0998. The van der Waals surface area contributed by atoms with E-state index < -0.39 is 5.97 Å². The maximum atomic E-state index is 12.8. The molecule has 0 saturated carbocycles. The van der Waals surface area contributed by atoms with Crippen LogP contribution in [-0.4, -0.2) is 53.6 Å². The second-order valence-corrected chi connectivity index (χ2v) is 5.44. The van der Waals surface area contributed by atoms with Gasteiger partial charge in [0, 0.05) is 12.6 Å². The van der Waals surface area contributed by atoms with Gasteiger partial charge in [0.2, 0.25) is 0 Å². The molecule has 5 heteroatoms. The average molecular weight is 280 g/mol. The van der Waals surface area contributed by atoms with E-state index in [0.717, 1.165) is 38.0 Å². The van der Waals surface area contributed by atoms with Gasteiger partial charge in [0.05, 0.1) is 6.54 Å². The molecular weight excluding hydrogens is 259 g/mol. The van der Waals surface area contributed by atoms with Crippen molar-refractivity contribution in [3.8, 4) is 0 Å². The van der Waals surface area contributed by atoms with E-state index in [1.165, 1.54) is 12.1 Å². The molecule has 20 heavy (non-hydrogen) atoms. The summed E-state index contributed by atoms with van der Waals surface area (Å²) in [4.78, 5) is 14.9. The van der Waals surface area contributed by atoms with Crippen molar-refractivity contribution in [1.82, 2.24) is 9.80 Å². The third-order valence-electron chi connectivity index (χ3n) is 3.88. The van der Waals surface area contributed by atoms with Gasteiger partial charge in [-0.1, -0.05) is 12.1 Å². The summed E-state index contributed by atoms with van der Waals surface area (Å²) in [6, 6.07) is 6.96. The highest BCUT2D eigenvalue weighted by atomic mass is 19.1. The topological polar surface area (TPSA) is 43.8 Å². The highest BCUT2D eigenvalue weighted by Crippen LogP contribution is 2.17. The van der Waals surface area contributed by atoms with Crippen LogP contribution < -0.4 is 0 Å². The van der Waals surface area contributed by atoms with Crippen molar-refractivity contribution in [1.29, 1.82) is 0 Å². The predicted octanol–water partition coefficient (Wildman–Crippen LogP) is 1.81. The van der Waals surface area contributed by atoms with Gasteiger partial charge in [0.15, 0.2) is 0 Å². The number of piperidine rings is 1. The lowest BCUT2D eigenvalue weighted by molar-refractivity contribution is -0.138. The molecule has 0 spiro atoms. The lowest BCUT2D eigenvalue weighted by Gasteiger charge is -2.36. The zero-order valence-electron chi connectivity index (χ0n) is 11.8. The number of likely N-dealkylation sites (tertiary alicyclic amines) is 1. The fourth-order valence-electron chi connectivity index (χ4n) is 2.71. The van der Waals surface area contributed by atoms with Crippen LogP contribution in [-0.2, 0) is 11.3 Å². The Morgan fingerprint density at radius 3 is 2.50 bits per heavy atom. The van der Waals surface area contributed by atoms with E-state index >= 15 is 0 Å². The molecule has 1 aliphatic rings. The number of halogens is 1. The highest BCUT2D eigenvalue weighted by Gasteiger charge is 2.23. The SMILES string of the molecule is CN(CC(=O)O)C1CCN(Cc2ccc(F)cc2)CC1. The molecule has 1 N–H and O–H groups in total. The Kier molecular flexibility index (Phi) is 5.09. The van der Waals surface area contributed by atoms with Crippen LogP contribution in [0.1, 0.15) is 18.4 Å². The lowest BCUT2D eigenvalue weighted by Crippen LogP contribution is -2.44. The minimum atomic E-state index is -0.777. The summed E-state index contributed by atoms with van der Waals surface area (Å²) in [5.41, 5.74) is 1.11. The van der Waals surface area contributed by atoms with Gasteiger partial charge < -0.3 is 5.11 Å². The number of carbonyl (C=O) groups is 1. The number of likely N-dealkylation sites (N-methyl/N-ethyl adjacent to an activating group) is 1. The van der Waals surface area contributed by atoms with Gasteiger partial charge in [-0.3, -0.25) is 14.6 Å². The Morgan fingerprint density at radius 2 is 1.95 bits per heavy atom. The largest absolute Gasteiger partial charge is 0.480 e. The summed E-state index contributed by atoms with van der Waals surface area (Å²) in [6.45, 7) is 2.83. The number of aliphatic carboxylic acids is 1. The summed E-state index contributed by atoms with van der Waals surface area (Å²) in [7, 11) is 1.87. The minimum Gasteiger partial charge on any atom is -0.480 e. The highest BCUT2D eigenvalue weighted by molar-refractivity contribution is 5.69. The summed E-state index contributed by atoms with van der Waals surface area (Å²) >= 11 is 0. The van der Waals surface area contributed by atoms with Crippen molar-refractivity contribution in [3.63, 3.8) is 0 Å². The van der Waals surface area contributed by atoms with Crippen LogP contribution >= 0.6 is 0 Å².